The van der Waals surface area contributed by atoms with Crippen LogP contribution in [0.2, 0.25) is 0 Å². The summed E-state index contributed by atoms with van der Waals surface area (Å²) in [6.45, 7) is 1.32. The maximum Gasteiger partial charge on any atom is 0.573 e. The number of pyridine rings is 1. The molecule has 0 spiro atoms. The average molecular weight is 411 g/mol. The summed E-state index contributed by atoms with van der Waals surface area (Å²) >= 11 is 1.23. The highest BCUT2D eigenvalue weighted by Gasteiger charge is 2.36. The van der Waals surface area contributed by atoms with Gasteiger partial charge in [0, 0.05) is 6.20 Å². The number of esters is 1. The lowest BCUT2D eigenvalue weighted by Crippen LogP contribution is -2.22. The molecule has 0 radical (unpaired) electrons. The van der Waals surface area contributed by atoms with Gasteiger partial charge in [-0.2, -0.15) is 0 Å². The number of aromatic nitrogens is 1. The third kappa shape index (κ3) is 4.15. The third-order valence-electron chi connectivity index (χ3n) is 1.92. The van der Waals surface area contributed by atoms with Gasteiger partial charge in [-0.05, 0) is 29.5 Å². The van der Waals surface area contributed by atoms with Crippen molar-refractivity contribution in [3.63, 3.8) is 0 Å². The van der Waals surface area contributed by atoms with Gasteiger partial charge in [0.05, 0.1) is 15.7 Å². The van der Waals surface area contributed by atoms with E-state index in [9.17, 15) is 26.7 Å². The highest BCUT2D eigenvalue weighted by Crippen LogP contribution is 2.36. The Morgan fingerprint density at radius 2 is 2.05 bits per heavy atom. The van der Waals surface area contributed by atoms with Crippen LogP contribution in [0.15, 0.2) is 6.20 Å². The highest BCUT2D eigenvalue weighted by molar-refractivity contribution is 14.1. The molecule has 10 heteroatoms. The van der Waals surface area contributed by atoms with E-state index in [0.717, 1.165) is 0 Å². The zero-order valence-electron chi connectivity index (χ0n) is 9.80. The molecule has 0 aromatic carbocycles. The van der Waals surface area contributed by atoms with Crippen LogP contribution >= 0.6 is 22.6 Å². The Kier molecular flexibility index (Phi) is 5.48. The summed E-state index contributed by atoms with van der Waals surface area (Å²) in [5, 5.41) is 0. The Bertz CT molecular complexity index is 506. The summed E-state index contributed by atoms with van der Waals surface area (Å²) in [6.07, 6.45) is -7.59. The van der Waals surface area contributed by atoms with Crippen molar-refractivity contribution in [1.82, 2.24) is 4.98 Å². The van der Waals surface area contributed by atoms with E-state index in [2.05, 4.69) is 14.5 Å². The summed E-state index contributed by atoms with van der Waals surface area (Å²) in [5.41, 5.74) is -1.57. The van der Waals surface area contributed by atoms with E-state index in [-0.39, 0.29) is 6.61 Å². The molecule has 0 saturated carbocycles. The SMILES string of the molecule is CCOC(=O)c1ncc(C(F)F)c(I)c1OC(F)(F)F. The molecule has 1 heterocycles. The van der Waals surface area contributed by atoms with Gasteiger partial charge in [-0.15, -0.1) is 13.2 Å². The molecule has 112 valence electrons. The maximum absolute atomic E-state index is 12.6. The van der Waals surface area contributed by atoms with E-state index in [0.29, 0.717) is 6.20 Å². The van der Waals surface area contributed by atoms with Gasteiger partial charge in [-0.1, -0.05) is 0 Å². The Hall–Kier alpha value is -1.20. The first-order chi connectivity index (χ1) is 9.17. The fourth-order valence-corrected chi connectivity index (χ4v) is 1.93. The fraction of sp³-hybridized carbons (Fsp3) is 0.400. The van der Waals surface area contributed by atoms with Crippen LogP contribution in [-0.2, 0) is 4.74 Å². The largest absolute Gasteiger partial charge is 0.573 e. The molecule has 0 fully saturated rings. The van der Waals surface area contributed by atoms with Crippen molar-refractivity contribution >= 4 is 28.6 Å². The van der Waals surface area contributed by atoms with Crippen LogP contribution < -0.4 is 4.74 Å². The Morgan fingerprint density at radius 1 is 1.45 bits per heavy atom. The molecule has 1 aromatic rings. The lowest BCUT2D eigenvalue weighted by atomic mass is 10.2. The molecule has 1 rings (SSSR count). The number of ether oxygens (including phenoxy) is 2. The lowest BCUT2D eigenvalue weighted by molar-refractivity contribution is -0.275. The van der Waals surface area contributed by atoms with Gasteiger partial charge in [-0.25, -0.2) is 18.6 Å². The van der Waals surface area contributed by atoms with E-state index in [4.69, 9.17) is 0 Å². The van der Waals surface area contributed by atoms with E-state index in [1.54, 1.807) is 0 Å². The van der Waals surface area contributed by atoms with Crippen molar-refractivity contribution in [3.05, 3.63) is 21.0 Å². The molecule has 0 aliphatic rings. The summed E-state index contributed by atoms with van der Waals surface area (Å²) in [7, 11) is 0. The van der Waals surface area contributed by atoms with Crippen molar-refractivity contribution in [2.24, 2.45) is 0 Å². The zero-order valence-corrected chi connectivity index (χ0v) is 12.0. The summed E-state index contributed by atoms with van der Waals surface area (Å²) in [6, 6.07) is 0. The molecule has 0 amide bonds. The van der Waals surface area contributed by atoms with Crippen LogP contribution in [0, 0.1) is 3.57 Å². The molecule has 0 unspecified atom stereocenters. The Morgan fingerprint density at radius 3 is 2.50 bits per heavy atom. The third-order valence-corrected chi connectivity index (χ3v) is 3.03. The first-order valence-electron chi connectivity index (χ1n) is 5.06. The molecule has 0 aliphatic carbocycles. The second-order valence-corrected chi connectivity index (χ2v) is 4.35. The number of nitrogens with zero attached hydrogens (tertiary/aromatic N) is 1. The van der Waals surface area contributed by atoms with Crippen LogP contribution in [0.5, 0.6) is 5.75 Å². The van der Waals surface area contributed by atoms with E-state index < -0.39 is 39.3 Å². The van der Waals surface area contributed by atoms with Gasteiger partial charge in [0.1, 0.15) is 0 Å². The number of hydrogen-bond acceptors (Lipinski definition) is 4. The van der Waals surface area contributed by atoms with Crippen molar-refractivity contribution in [3.8, 4) is 5.75 Å². The Balaban J connectivity index is 3.37. The molecular weight excluding hydrogens is 404 g/mol. The molecule has 0 N–H and O–H groups in total. The fourth-order valence-electron chi connectivity index (χ4n) is 1.19. The smallest absolute Gasteiger partial charge is 0.461 e. The van der Waals surface area contributed by atoms with E-state index >= 15 is 0 Å². The number of rotatable bonds is 4. The molecule has 0 aliphatic heterocycles. The van der Waals surface area contributed by atoms with E-state index in [1.165, 1.54) is 29.5 Å². The number of alkyl halides is 5. The van der Waals surface area contributed by atoms with Crippen LogP contribution in [0.25, 0.3) is 0 Å². The second kappa shape index (κ2) is 6.50. The van der Waals surface area contributed by atoms with Crippen LogP contribution in [0.1, 0.15) is 29.4 Å². The van der Waals surface area contributed by atoms with Crippen molar-refractivity contribution < 1.29 is 36.2 Å². The second-order valence-electron chi connectivity index (χ2n) is 3.27. The summed E-state index contributed by atoms with van der Waals surface area (Å²) < 4.78 is 69.7. The van der Waals surface area contributed by atoms with Gasteiger partial charge in [0.15, 0.2) is 11.4 Å². The van der Waals surface area contributed by atoms with Gasteiger partial charge < -0.3 is 9.47 Å². The minimum Gasteiger partial charge on any atom is -0.461 e. The normalized spacial score (nSPS) is 11.6. The predicted molar refractivity (Wildman–Crippen MR) is 64.6 cm³/mol. The molecule has 4 nitrogen and oxygen atoms in total. The molecule has 1 aromatic heterocycles. The lowest BCUT2D eigenvalue weighted by Gasteiger charge is -2.15. The average Bonchev–Trinajstić information content (AvgIpc) is 2.29. The molecular formula is C10H7F5INO3. The van der Waals surface area contributed by atoms with Crippen LogP contribution in [0.3, 0.4) is 0 Å². The van der Waals surface area contributed by atoms with Crippen molar-refractivity contribution in [2.75, 3.05) is 6.61 Å². The number of carbonyl (C=O) groups excluding carboxylic acids is 1. The minimum atomic E-state index is -5.15. The zero-order chi connectivity index (χ0) is 15.5. The number of halogens is 6. The Labute approximate surface area is 123 Å². The quantitative estimate of drug-likeness (QED) is 0.431. The highest BCUT2D eigenvalue weighted by atomic mass is 127. The van der Waals surface area contributed by atoms with Gasteiger partial charge in [-0.3, -0.25) is 0 Å². The monoisotopic (exact) mass is 411 g/mol. The topological polar surface area (TPSA) is 48.4 Å². The first kappa shape index (κ1) is 16.9. The standard InChI is InChI=1S/C10H7F5INO3/c1-2-19-9(18)6-7(20-10(13,14)15)5(16)4(3-17-6)8(11)12/h3,8H,2H2,1H3. The first-order valence-corrected chi connectivity index (χ1v) is 6.14. The summed E-state index contributed by atoms with van der Waals surface area (Å²) in [5.74, 6) is -2.28. The van der Waals surface area contributed by atoms with Gasteiger partial charge in [0.25, 0.3) is 6.43 Å². The molecule has 0 saturated heterocycles. The van der Waals surface area contributed by atoms with Crippen molar-refractivity contribution in [2.45, 2.75) is 19.7 Å². The van der Waals surface area contributed by atoms with Gasteiger partial charge in [0.2, 0.25) is 0 Å². The van der Waals surface area contributed by atoms with Crippen LogP contribution in [-0.4, -0.2) is 23.9 Å². The number of carbonyl (C=O) groups is 1. The number of hydrogen-bond donors (Lipinski definition) is 0. The van der Waals surface area contributed by atoms with Gasteiger partial charge >= 0.3 is 12.3 Å². The van der Waals surface area contributed by atoms with E-state index in [1.807, 2.05) is 0 Å². The minimum absolute atomic E-state index is 0.112. The predicted octanol–water partition coefficient (Wildman–Crippen LogP) is 3.70. The summed E-state index contributed by atoms with van der Waals surface area (Å²) in [4.78, 5) is 14.7. The van der Waals surface area contributed by atoms with Crippen LogP contribution in [0.4, 0.5) is 22.0 Å². The van der Waals surface area contributed by atoms with Crippen molar-refractivity contribution in [1.29, 1.82) is 0 Å². The maximum atomic E-state index is 12.6. The molecule has 20 heavy (non-hydrogen) atoms. The molecule has 0 atom stereocenters. The molecule has 0 bridgehead atoms.